The lowest BCUT2D eigenvalue weighted by atomic mass is 10.1. The predicted molar refractivity (Wildman–Crippen MR) is 64.0 cm³/mol. The van der Waals surface area contributed by atoms with E-state index in [0.717, 1.165) is 0 Å². The summed E-state index contributed by atoms with van der Waals surface area (Å²) in [6.07, 6.45) is 0. The van der Waals surface area contributed by atoms with Crippen LogP contribution in [-0.4, -0.2) is 23.4 Å². The number of ether oxygens (including phenoxy) is 1. The Labute approximate surface area is 108 Å². The fourth-order valence-corrected chi connectivity index (χ4v) is 3.02. The summed E-state index contributed by atoms with van der Waals surface area (Å²) >= 11 is 0. The van der Waals surface area contributed by atoms with Crippen LogP contribution in [0.2, 0.25) is 0 Å². The van der Waals surface area contributed by atoms with E-state index in [-0.39, 0.29) is 11.5 Å². The standard InChI is InChI=1S/C8H9ClN2O5S2/c9-17(12,13)5-1-2-8-6(3-5)7(4-16-8)11-18(10,14)15/h1-3,7,11H,4H2,(H2,10,14,15). The third kappa shape index (κ3) is 2.93. The molecule has 0 saturated carbocycles. The first kappa shape index (κ1) is 13.6. The topological polar surface area (TPSA) is 116 Å². The van der Waals surface area contributed by atoms with Crippen molar-refractivity contribution in [3.63, 3.8) is 0 Å². The molecule has 10 heteroatoms. The van der Waals surface area contributed by atoms with Crippen LogP contribution in [-0.2, 0) is 19.3 Å². The molecule has 1 unspecified atom stereocenters. The van der Waals surface area contributed by atoms with Gasteiger partial charge in [-0.25, -0.2) is 13.6 Å². The normalized spacial score (nSPS) is 19.3. The second-order valence-electron chi connectivity index (χ2n) is 3.66. The largest absolute Gasteiger partial charge is 0.491 e. The summed E-state index contributed by atoms with van der Waals surface area (Å²) in [5.74, 6) is 0.389. The molecule has 0 aromatic heterocycles. The molecule has 0 bridgehead atoms. The van der Waals surface area contributed by atoms with Crippen molar-refractivity contribution in [1.29, 1.82) is 0 Å². The predicted octanol–water partition coefficient (Wildman–Crippen LogP) is -0.159. The molecule has 3 N–H and O–H groups in total. The van der Waals surface area contributed by atoms with E-state index in [1.54, 1.807) is 0 Å². The summed E-state index contributed by atoms with van der Waals surface area (Å²) in [5.41, 5.74) is 0.380. The molecule has 1 aliphatic heterocycles. The first-order valence-corrected chi connectivity index (χ1v) is 8.54. The number of hydrogen-bond donors (Lipinski definition) is 2. The SMILES string of the molecule is NS(=O)(=O)NC1COc2ccc(S(=O)(=O)Cl)cc21. The summed E-state index contributed by atoms with van der Waals surface area (Å²) in [5, 5.41) is 4.86. The molecule has 100 valence electrons. The lowest BCUT2D eigenvalue weighted by Gasteiger charge is -2.09. The number of rotatable bonds is 3. The van der Waals surface area contributed by atoms with Gasteiger partial charge in [0.25, 0.3) is 19.3 Å². The van der Waals surface area contributed by atoms with Gasteiger partial charge in [-0.15, -0.1) is 0 Å². The number of nitrogens with two attached hydrogens (primary N) is 1. The molecular formula is C8H9ClN2O5S2. The molecule has 0 radical (unpaired) electrons. The lowest BCUT2D eigenvalue weighted by molar-refractivity contribution is 0.325. The van der Waals surface area contributed by atoms with Crippen LogP contribution in [0, 0.1) is 0 Å². The number of fused-ring (bicyclic) bond motifs is 1. The Hall–Kier alpha value is -0.870. The molecule has 0 fully saturated rings. The zero-order valence-electron chi connectivity index (χ0n) is 8.83. The summed E-state index contributed by atoms with van der Waals surface area (Å²) in [6, 6.07) is 3.22. The smallest absolute Gasteiger partial charge is 0.275 e. The summed E-state index contributed by atoms with van der Waals surface area (Å²) in [7, 11) is -2.59. The molecular weight excluding hydrogens is 304 g/mol. The Morgan fingerprint density at radius 1 is 1.33 bits per heavy atom. The molecule has 1 heterocycles. The molecule has 1 aromatic carbocycles. The van der Waals surface area contributed by atoms with E-state index in [4.69, 9.17) is 20.6 Å². The monoisotopic (exact) mass is 312 g/mol. The van der Waals surface area contributed by atoms with Crippen molar-refractivity contribution in [1.82, 2.24) is 4.72 Å². The second kappa shape index (κ2) is 4.35. The quantitative estimate of drug-likeness (QED) is 0.752. The van der Waals surface area contributed by atoms with Crippen LogP contribution in [0.4, 0.5) is 0 Å². The van der Waals surface area contributed by atoms with E-state index in [2.05, 4.69) is 4.72 Å². The first-order chi connectivity index (χ1) is 8.17. The fourth-order valence-electron chi connectivity index (χ4n) is 1.64. The number of hydrogen-bond acceptors (Lipinski definition) is 5. The Morgan fingerprint density at radius 2 is 2.00 bits per heavy atom. The van der Waals surface area contributed by atoms with E-state index in [1.807, 2.05) is 0 Å². The van der Waals surface area contributed by atoms with Crippen LogP contribution in [0.1, 0.15) is 11.6 Å². The van der Waals surface area contributed by atoms with Crippen molar-refractivity contribution in [2.24, 2.45) is 5.14 Å². The molecule has 0 saturated heterocycles. The first-order valence-electron chi connectivity index (χ1n) is 4.68. The maximum atomic E-state index is 11.2. The Bertz CT molecular complexity index is 685. The van der Waals surface area contributed by atoms with Gasteiger partial charge in [-0.2, -0.15) is 13.1 Å². The lowest BCUT2D eigenvalue weighted by Crippen LogP contribution is -2.34. The highest BCUT2D eigenvalue weighted by atomic mass is 35.7. The number of halogens is 1. The summed E-state index contributed by atoms with van der Waals surface area (Å²) in [6.45, 7) is 0.0392. The zero-order chi connectivity index (χ0) is 13.6. The molecule has 2 rings (SSSR count). The average Bonchev–Trinajstić information content (AvgIpc) is 2.57. The minimum Gasteiger partial charge on any atom is -0.491 e. The van der Waals surface area contributed by atoms with Gasteiger partial charge in [-0.05, 0) is 18.2 Å². The second-order valence-corrected chi connectivity index (χ2v) is 7.56. The van der Waals surface area contributed by atoms with Gasteiger partial charge in [0.15, 0.2) is 0 Å². The van der Waals surface area contributed by atoms with E-state index < -0.39 is 25.3 Å². The van der Waals surface area contributed by atoms with Gasteiger partial charge >= 0.3 is 0 Å². The van der Waals surface area contributed by atoms with Gasteiger partial charge in [0.1, 0.15) is 12.4 Å². The molecule has 0 aliphatic carbocycles. The Kier molecular flexibility index (Phi) is 3.28. The van der Waals surface area contributed by atoms with Crippen molar-refractivity contribution in [3.8, 4) is 5.75 Å². The molecule has 18 heavy (non-hydrogen) atoms. The van der Waals surface area contributed by atoms with Crippen molar-refractivity contribution >= 4 is 29.9 Å². The average molecular weight is 313 g/mol. The van der Waals surface area contributed by atoms with Gasteiger partial charge in [0.2, 0.25) is 0 Å². The molecule has 0 amide bonds. The minimum atomic E-state index is -3.91. The highest BCUT2D eigenvalue weighted by molar-refractivity contribution is 8.13. The Balaban J connectivity index is 2.43. The van der Waals surface area contributed by atoms with Gasteiger partial charge in [-0.1, -0.05) is 0 Å². The van der Waals surface area contributed by atoms with E-state index in [0.29, 0.717) is 11.3 Å². The van der Waals surface area contributed by atoms with Gasteiger partial charge < -0.3 is 4.74 Å². The summed E-state index contributed by atoms with van der Waals surface area (Å²) in [4.78, 5) is -0.130. The summed E-state index contributed by atoms with van der Waals surface area (Å²) < 4.78 is 51.6. The highest BCUT2D eigenvalue weighted by Crippen LogP contribution is 2.34. The third-order valence-corrected chi connectivity index (χ3v) is 4.31. The van der Waals surface area contributed by atoms with E-state index in [1.165, 1.54) is 18.2 Å². The Morgan fingerprint density at radius 3 is 2.56 bits per heavy atom. The van der Waals surface area contributed by atoms with Crippen LogP contribution < -0.4 is 14.6 Å². The van der Waals surface area contributed by atoms with Gasteiger partial charge in [0, 0.05) is 16.2 Å². The maximum Gasteiger partial charge on any atom is 0.275 e. The maximum absolute atomic E-state index is 11.2. The highest BCUT2D eigenvalue weighted by Gasteiger charge is 2.28. The van der Waals surface area contributed by atoms with Crippen LogP contribution in [0.15, 0.2) is 23.1 Å². The van der Waals surface area contributed by atoms with E-state index >= 15 is 0 Å². The zero-order valence-corrected chi connectivity index (χ0v) is 11.2. The van der Waals surface area contributed by atoms with Gasteiger partial charge in [0.05, 0.1) is 10.9 Å². The van der Waals surface area contributed by atoms with Crippen molar-refractivity contribution in [2.75, 3.05) is 6.61 Å². The minimum absolute atomic E-state index is 0.0392. The number of nitrogens with one attached hydrogen (secondary N) is 1. The molecule has 7 nitrogen and oxygen atoms in total. The molecule has 1 aliphatic rings. The van der Waals surface area contributed by atoms with Crippen LogP contribution in [0.25, 0.3) is 0 Å². The van der Waals surface area contributed by atoms with Crippen LogP contribution >= 0.6 is 10.7 Å². The van der Waals surface area contributed by atoms with Crippen molar-refractivity contribution in [3.05, 3.63) is 23.8 Å². The molecule has 1 aromatic rings. The van der Waals surface area contributed by atoms with E-state index in [9.17, 15) is 16.8 Å². The van der Waals surface area contributed by atoms with Gasteiger partial charge in [-0.3, -0.25) is 0 Å². The van der Waals surface area contributed by atoms with Crippen LogP contribution in [0.5, 0.6) is 5.75 Å². The molecule has 0 spiro atoms. The van der Waals surface area contributed by atoms with Crippen molar-refractivity contribution in [2.45, 2.75) is 10.9 Å². The fraction of sp³-hybridized carbons (Fsp3) is 0.250. The molecule has 1 atom stereocenters. The number of benzene rings is 1. The third-order valence-electron chi connectivity index (χ3n) is 2.35. The van der Waals surface area contributed by atoms with Crippen molar-refractivity contribution < 1.29 is 21.6 Å². The van der Waals surface area contributed by atoms with Crippen LogP contribution in [0.3, 0.4) is 0 Å².